The summed E-state index contributed by atoms with van der Waals surface area (Å²) in [5, 5.41) is -8.49. The fourth-order valence-corrected chi connectivity index (χ4v) is 2.37. The van der Waals surface area contributed by atoms with E-state index in [-0.39, 0.29) is 0 Å². The smallest absolute Gasteiger partial charge is 0.281 e. The van der Waals surface area contributed by atoms with Gasteiger partial charge in [-0.3, -0.25) is 4.55 Å². The Morgan fingerprint density at radius 1 is 0.448 bits per heavy atom. The standard InChI is InChI=1S/C8HF17O3S/c9-1(3(11,12)6(18,19)20,4(13,14)7(21,22)23)2(10,5(15,16)17)8(24,25)29(26,27)28/h(H,26,27,28). The van der Waals surface area contributed by atoms with Crippen LogP contribution in [0.15, 0.2) is 0 Å². The monoisotopic (exact) mass is 500 g/mol. The van der Waals surface area contributed by atoms with Gasteiger partial charge < -0.3 is 0 Å². The molecule has 0 radical (unpaired) electrons. The molecule has 1 unspecified atom stereocenters. The summed E-state index contributed by atoms with van der Waals surface area (Å²) in [6.07, 6.45) is -25.4. The van der Waals surface area contributed by atoms with Gasteiger partial charge in [0.25, 0.3) is 0 Å². The van der Waals surface area contributed by atoms with Crippen molar-refractivity contribution in [3.05, 3.63) is 0 Å². The predicted molar refractivity (Wildman–Crippen MR) is 52.2 cm³/mol. The third-order valence-corrected chi connectivity index (χ3v) is 4.10. The van der Waals surface area contributed by atoms with Crippen molar-refractivity contribution in [1.29, 1.82) is 0 Å². The molecule has 3 nitrogen and oxygen atoms in total. The van der Waals surface area contributed by atoms with Crippen LogP contribution >= 0.6 is 0 Å². The molecule has 0 aliphatic rings. The maximum atomic E-state index is 14.0. The average molecular weight is 500 g/mol. The Morgan fingerprint density at radius 3 is 0.828 bits per heavy atom. The van der Waals surface area contributed by atoms with E-state index in [4.69, 9.17) is 4.55 Å². The lowest BCUT2D eigenvalue weighted by atomic mass is 9.74. The zero-order chi connectivity index (χ0) is 24.5. The summed E-state index contributed by atoms with van der Waals surface area (Å²) in [4.78, 5) is 0. The lowest BCUT2D eigenvalue weighted by Crippen LogP contribution is -2.83. The number of hydrogen-bond acceptors (Lipinski definition) is 2. The molecule has 0 aliphatic heterocycles. The van der Waals surface area contributed by atoms with Crippen LogP contribution in [0.1, 0.15) is 0 Å². The maximum absolute atomic E-state index is 14.0. The van der Waals surface area contributed by atoms with Gasteiger partial charge in [0.1, 0.15) is 0 Å². The van der Waals surface area contributed by atoms with Gasteiger partial charge in [-0.05, 0) is 0 Å². The molecule has 0 amide bonds. The first-order valence-corrected chi connectivity index (χ1v) is 7.12. The second-order valence-electron chi connectivity index (χ2n) is 4.95. The molecule has 0 saturated carbocycles. The molecule has 176 valence electrons. The van der Waals surface area contributed by atoms with Gasteiger partial charge in [-0.2, -0.15) is 74.3 Å². The molecule has 0 spiro atoms. The van der Waals surface area contributed by atoms with Crippen molar-refractivity contribution in [3.63, 3.8) is 0 Å². The van der Waals surface area contributed by atoms with Gasteiger partial charge >= 0.3 is 57.1 Å². The summed E-state index contributed by atoms with van der Waals surface area (Å²) in [7, 11) is -8.41. The lowest BCUT2D eigenvalue weighted by Gasteiger charge is -2.48. The number of halogens is 17. The first-order chi connectivity index (χ1) is 12.0. The molecule has 0 aliphatic carbocycles. The summed E-state index contributed by atoms with van der Waals surface area (Å²) in [6, 6.07) is 0. The number of rotatable bonds is 5. The Hall–Kier alpha value is -1.28. The normalized spacial score (nSPS) is 18.6. The summed E-state index contributed by atoms with van der Waals surface area (Å²) in [5.41, 5.74) is -18.7. The highest BCUT2D eigenvalue weighted by Gasteiger charge is 3.02. The minimum absolute atomic E-state index is 7.81. The van der Waals surface area contributed by atoms with E-state index < -0.39 is 57.1 Å². The lowest BCUT2D eigenvalue weighted by molar-refractivity contribution is -0.464. The van der Waals surface area contributed by atoms with Crippen LogP contribution in [0.25, 0.3) is 0 Å². The minimum atomic E-state index is -9.46. The van der Waals surface area contributed by atoms with E-state index in [1.54, 1.807) is 0 Å². The van der Waals surface area contributed by atoms with Gasteiger partial charge in [-0.1, -0.05) is 0 Å². The molecule has 0 saturated heterocycles. The Morgan fingerprint density at radius 2 is 0.690 bits per heavy atom. The van der Waals surface area contributed by atoms with E-state index in [2.05, 4.69) is 0 Å². The third-order valence-electron chi connectivity index (χ3n) is 3.17. The largest absolute Gasteiger partial charge is 0.457 e. The molecule has 21 heteroatoms. The highest BCUT2D eigenvalue weighted by atomic mass is 32.2. The van der Waals surface area contributed by atoms with Crippen molar-refractivity contribution in [2.45, 2.75) is 47.0 Å². The number of hydrogen-bond donors (Lipinski definition) is 1. The minimum Gasteiger partial charge on any atom is -0.281 e. The molecule has 1 N–H and O–H groups in total. The number of alkyl halides is 17. The van der Waals surface area contributed by atoms with Crippen LogP contribution in [0.3, 0.4) is 0 Å². The zero-order valence-corrected chi connectivity index (χ0v) is 12.9. The molecule has 0 aromatic carbocycles. The van der Waals surface area contributed by atoms with Crippen LogP contribution in [0.5, 0.6) is 0 Å². The molecule has 0 heterocycles. The van der Waals surface area contributed by atoms with E-state index in [0.717, 1.165) is 0 Å². The summed E-state index contributed by atoms with van der Waals surface area (Å²) in [6.45, 7) is 0. The maximum Gasteiger partial charge on any atom is 0.457 e. The van der Waals surface area contributed by atoms with Gasteiger partial charge in [0, 0.05) is 0 Å². The van der Waals surface area contributed by atoms with Gasteiger partial charge in [0.15, 0.2) is 0 Å². The molecule has 1 atom stereocenters. The van der Waals surface area contributed by atoms with E-state index in [1.807, 2.05) is 0 Å². The molecule has 0 aromatic heterocycles. The second kappa shape index (κ2) is 6.36. The van der Waals surface area contributed by atoms with E-state index in [1.165, 1.54) is 0 Å². The fraction of sp³-hybridized carbons (Fsp3) is 1.00. The van der Waals surface area contributed by atoms with E-state index >= 15 is 0 Å². The van der Waals surface area contributed by atoms with Crippen LogP contribution in [-0.4, -0.2) is 59.9 Å². The Bertz CT molecular complexity index is 701. The summed E-state index contributed by atoms with van der Waals surface area (Å²) >= 11 is 0. The zero-order valence-electron chi connectivity index (χ0n) is 12.1. The molecular weight excluding hydrogens is 499 g/mol. The van der Waals surface area contributed by atoms with Crippen molar-refractivity contribution in [2.75, 3.05) is 0 Å². The average Bonchev–Trinajstić information content (AvgIpc) is 2.39. The highest BCUT2D eigenvalue weighted by molar-refractivity contribution is 7.87. The summed E-state index contributed by atoms with van der Waals surface area (Å²) in [5.74, 6) is -18.0. The highest BCUT2D eigenvalue weighted by Crippen LogP contribution is 2.68. The summed E-state index contributed by atoms with van der Waals surface area (Å²) < 4.78 is 246. The van der Waals surface area contributed by atoms with Crippen LogP contribution in [0.2, 0.25) is 0 Å². The van der Waals surface area contributed by atoms with Crippen LogP contribution < -0.4 is 0 Å². The van der Waals surface area contributed by atoms with Gasteiger partial charge in [-0.25, -0.2) is 8.78 Å². The van der Waals surface area contributed by atoms with Gasteiger partial charge in [0.2, 0.25) is 0 Å². The Kier molecular flexibility index (Phi) is 6.08. The first kappa shape index (κ1) is 27.7. The second-order valence-corrected chi connectivity index (χ2v) is 6.41. The third kappa shape index (κ3) is 3.26. The predicted octanol–water partition coefficient (Wildman–Crippen LogP) is 4.84. The van der Waals surface area contributed by atoms with Crippen molar-refractivity contribution in [2.24, 2.45) is 0 Å². The Labute approximate surface area is 146 Å². The van der Waals surface area contributed by atoms with Crippen molar-refractivity contribution in [3.8, 4) is 0 Å². The first-order valence-electron chi connectivity index (χ1n) is 5.68. The molecule has 0 rings (SSSR count). The topological polar surface area (TPSA) is 54.4 Å². The van der Waals surface area contributed by atoms with E-state index in [0.29, 0.717) is 0 Å². The van der Waals surface area contributed by atoms with Crippen molar-refractivity contribution in [1.82, 2.24) is 0 Å². The molecule has 0 bridgehead atoms. The van der Waals surface area contributed by atoms with Crippen molar-refractivity contribution >= 4 is 10.1 Å². The molecular formula is C8HF17O3S. The molecule has 0 fully saturated rings. The van der Waals surface area contributed by atoms with Crippen LogP contribution in [0.4, 0.5) is 74.6 Å². The van der Waals surface area contributed by atoms with Gasteiger partial charge in [-0.15, -0.1) is 0 Å². The van der Waals surface area contributed by atoms with Gasteiger partial charge in [0.05, 0.1) is 0 Å². The van der Waals surface area contributed by atoms with Crippen LogP contribution in [-0.2, 0) is 10.1 Å². The molecule has 0 aromatic rings. The van der Waals surface area contributed by atoms with Crippen LogP contribution in [0, 0.1) is 0 Å². The molecule has 29 heavy (non-hydrogen) atoms. The fourth-order valence-electron chi connectivity index (χ4n) is 1.76. The van der Waals surface area contributed by atoms with Crippen molar-refractivity contribution < 1.29 is 87.6 Å². The van der Waals surface area contributed by atoms with E-state index in [9.17, 15) is 83.1 Å². The SMILES string of the molecule is O=S(=O)(O)C(F)(F)C(F)(C(F)(F)F)C(F)(C(F)(F)C(F)(F)F)C(F)(F)C(F)(F)F. The quantitative estimate of drug-likeness (QED) is 0.435. The Balaban J connectivity index is 8.05.